The third-order valence-electron chi connectivity index (χ3n) is 8.52. The Balaban J connectivity index is 1.63. The zero-order chi connectivity index (χ0) is 22.7. The van der Waals surface area contributed by atoms with Crippen molar-refractivity contribution in [2.45, 2.75) is 91.6 Å². The van der Waals surface area contributed by atoms with Crippen LogP contribution in [0.2, 0.25) is 0 Å². The molecule has 5 nitrogen and oxygen atoms in total. The minimum Gasteiger partial charge on any atom is -0.327 e. The molecule has 3 aliphatic rings. The van der Waals surface area contributed by atoms with E-state index in [1.54, 1.807) is 0 Å². The van der Waals surface area contributed by atoms with Gasteiger partial charge in [0.05, 0.1) is 12.1 Å². The molecule has 3 fully saturated rings. The Labute approximate surface area is 186 Å². The first-order chi connectivity index (χ1) is 14.5. The Bertz CT molecular complexity index is 880. The van der Waals surface area contributed by atoms with E-state index in [-0.39, 0.29) is 46.9 Å². The van der Waals surface area contributed by atoms with Crippen LogP contribution in [0.4, 0.5) is 5.69 Å². The summed E-state index contributed by atoms with van der Waals surface area (Å²) < 4.78 is 0. The van der Waals surface area contributed by atoms with Crippen molar-refractivity contribution < 1.29 is 14.4 Å². The lowest BCUT2D eigenvalue weighted by molar-refractivity contribution is -0.143. The van der Waals surface area contributed by atoms with Gasteiger partial charge in [-0.2, -0.15) is 0 Å². The second-order valence-electron chi connectivity index (χ2n) is 11.1. The van der Waals surface area contributed by atoms with Gasteiger partial charge in [-0.1, -0.05) is 66.5 Å². The fraction of sp³-hybridized carbons (Fsp3) is 0.654. The Morgan fingerprint density at radius 2 is 1.55 bits per heavy atom. The van der Waals surface area contributed by atoms with Crippen LogP contribution in [-0.4, -0.2) is 34.7 Å². The molecule has 5 heteroatoms. The van der Waals surface area contributed by atoms with E-state index in [1.807, 2.05) is 29.2 Å². The van der Waals surface area contributed by atoms with Crippen LogP contribution in [0.3, 0.4) is 0 Å². The number of amides is 3. The van der Waals surface area contributed by atoms with Crippen LogP contribution in [0.5, 0.6) is 0 Å². The fourth-order valence-corrected chi connectivity index (χ4v) is 5.85. The van der Waals surface area contributed by atoms with Gasteiger partial charge in [0.15, 0.2) is 0 Å². The van der Waals surface area contributed by atoms with Gasteiger partial charge in [0.1, 0.15) is 6.04 Å². The number of nitrogens with zero attached hydrogens (tertiary/aromatic N) is 2. The largest absolute Gasteiger partial charge is 0.327 e. The van der Waals surface area contributed by atoms with Crippen LogP contribution >= 0.6 is 0 Å². The lowest BCUT2D eigenvalue weighted by Crippen LogP contribution is -2.51. The van der Waals surface area contributed by atoms with E-state index in [9.17, 15) is 14.4 Å². The maximum atomic E-state index is 13.8. The summed E-state index contributed by atoms with van der Waals surface area (Å²) in [6, 6.07) is 7.03. The summed E-state index contributed by atoms with van der Waals surface area (Å²) in [5.74, 6) is -0.128. The van der Waals surface area contributed by atoms with Crippen LogP contribution < -0.4 is 4.90 Å². The van der Waals surface area contributed by atoms with Crippen molar-refractivity contribution in [2.75, 3.05) is 4.90 Å². The van der Waals surface area contributed by atoms with Crippen LogP contribution in [-0.2, 0) is 14.4 Å². The van der Waals surface area contributed by atoms with Gasteiger partial charge in [-0.25, -0.2) is 4.90 Å². The minimum absolute atomic E-state index is 0.0599. The Morgan fingerprint density at radius 3 is 2.03 bits per heavy atom. The molecule has 2 aliphatic carbocycles. The molecular formula is C26H36N2O3. The highest BCUT2D eigenvalue weighted by molar-refractivity contribution is 6.23. The summed E-state index contributed by atoms with van der Waals surface area (Å²) in [6.45, 7) is 12.8. The van der Waals surface area contributed by atoms with Crippen LogP contribution in [0, 0.1) is 16.7 Å². The maximum Gasteiger partial charge on any atom is 0.257 e. The predicted octanol–water partition coefficient (Wildman–Crippen LogP) is 4.90. The monoisotopic (exact) mass is 424 g/mol. The first-order valence-electron chi connectivity index (χ1n) is 11.8. The number of rotatable bonds is 5. The molecule has 0 spiro atoms. The Kier molecular flexibility index (Phi) is 5.30. The number of anilines is 1. The number of carbonyl (C=O) groups excluding carboxylic acids is 3. The first-order valence-corrected chi connectivity index (χ1v) is 11.8. The van der Waals surface area contributed by atoms with E-state index in [4.69, 9.17) is 0 Å². The summed E-state index contributed by atoms with van der Waals surface area (Å²) in [6.07, 6.45) is 4.06. The number of carbonyl (C=O) groups is 3. The Morgan fingerprint density at radius 1 is 1.00 bits per heavy atom. The van der Waals surface area contributed by atoms with Crippen molar-refractivity contribution in [1.82, 2.24) is 4.90 Å². The molecule has 1 aromatic rings. The van der Waals surface area contributed by atoms with E-state index in [2.05, 4.69) is 41.5 Å². The third kappa shape index (κ3) is 3.41. The molecule has 1 aliphatic heterocycles. The third-order valence-corrected chi connectivity index (χ3v) is 8.52. The molecule has 1 aromatic carbocycles. The molecule has 168 valence electrons. The number of hydrogen-bond donors (Lipinski definition) is 0. The van der Waals surface area contributed by atoms with Gasteiger partial charge in [-0.15, -0.1) is 0 Å². The van der Waals surface area contributed by atoms with Gasteiger partial charge in [-0.3, -0.25) is 14.4 Å². The van der Waals surface area contributed by atoms with Gasteiger partial charge in [0, 0.05) is 12.0 Å². The maximum absolute atomic E-state index is 13.8. The van der Waals surface area contributed by atoms with Gasteiger partial charge >= 0.3 is 0 Å². The van der Waals surface area contributed by atoms with Gasteiger partial charge in [0.25, 0.3) is 5.91 Å². The van der Waals surface area contributed by atoms with Crippen molar-refractivity contribution in [3.63, 3.8) is 0 Å². The fourth-order valence-electron chi connectivity index (χ4n) is 5.85. The normalized spacial score (nSPS) is 25.5. The zero-order valence-electron chi connectivity index (χ0n) is 19.8. The van der Waals surface area contributed by atoms with Crippen molar-refractivity contribution in [1.29, 1.82) is 0 Å². The molecule has 2 saturated carbocycles. The van der Waals surface area contributed by atoms with E-state index in [1.165, 1.54) is 10.5 Å². The molecule has 0 aromatic heterocycles. The highest BCUT2D eigenvalue weighted by atomic mass is 16.2. The molecule has 0 radical (unpaired) electrons. The average molecular weight is 425 g/mol. The summed E-state index contributed by atoms with van der Waals surface area (Å²) in [5.41, 5.74) is 1.57. The molecule has 1 unspecified atom stereocenters. The van der Waals surface area contributed by atoms with Gasteiger partial charge in [-0.05, 0) is 47.3 Å². The van der Waals surface area contributed by atoms with Crippen molar-refractivity contribution in [3.8, 4) is 0 Å². The van der Waals surface area contributed by atoms with Crippen LogP contribution in [0.1, 0.15) is 85.1 Å². The van der Waals surface area contributed by atoms with E-state index < -0.39 is 6.04 Å². The molecule has 1 atom stereocenters. The summed E-state index contributed by atoms with van der Waals surface area (Å²) in [7, 11) is 0. The number of imide groups is 1. The van der Waals surface area contributed by atoms with Gasteiger partial charge < -0.3 is 4.90 Å². The summed E-state index contributed by atoms with van der Waals surface area (Å²) in [4.78, 5) is 43.4. The highest BCUT2D eigenvalue weighted by Crippen LogP contribution is 2.69. The van der Waals surface area contributed by atoms with Crippen molar-refractivity contribution in [2.24, 2.45) is 16.7 Å². The van der Waals surface area contributed by atoms with E-state index in [0.717, 1.165) is 25.7 Å². The topological polar surface area (TPSA) is 57.7 Å². The molecular weight excluding hydrogens is 388 g/mol. The zero-order valence-corrected chi connectivity index (χ0v) is 19.8. The van der Waals surface area contributed by atoms with E-state index in [0.29, 0.717) is 11.6 Å². The standard InChI is InChI=1S/C26H36N2O3/c1-16(2)17-11-13-19(14-12-17)28-21(29)15-20(23(28)30)27(18-9-7-8-10-18)24(31)22-25(3,4)26(22,5)6/h11-14,16,18,20,22H,7-10,15H2,1-6H3. The SMILES string of the molecule is CC(C)c1ccc(N2C(=O)CC(N(C(=O)C3C(C)(C)C3(C)C)C3CCCC3)C2=O)cc1. The second kappa shape index (κ2) is 7.46. The predicted molar refractivity (Wildman–Crippen MR) is 122 cm³/mol. The quantitative estimate of drug-likeness (QED) is 0.632. The van der Waals surface area contributed by atoms with Crippen molar-refractivity contribution in [3.05, 3.63) is 29.8 Å². The summed E-state index contributed by atoms with van der Waals surface area (Å²) in [5, 5.41) is 0. The molecule has 1 saturated heterocycles. The second-order valence-corrected chi connectivity index (χ2v) is 11.1. The van der Waals surface area contributed by atoms with Gasteiger partial charge in [0.2, 0.25) is 11.8 Å². The van der Waals surface area contributed by atoms with Crippen LogP contribution in [0.25, 0.3) is 0 Å². The number of hydrogen-bond acceptors (Lipinski definition) is 3. The molecule has 31 heavy (non-hydrogen) atoms. The minimum atomic E-state index is -0.680. The molecule has 1 heterocycles. The first kappa shape index (κ1) is 22.0. The average Bonchev–Trinajstić information content (AvgIpc) is 3.12. The van der Waals surface area contributed by atoms with Crippen molar-refractivity contribution >= 4 is 23.4 Å². The molecule has 4 rings (SSSR count). The Hall–Kier alpha value is -2.17. The lowest BCUT2D eigenvalue weighted by Gasteiger charge is -2.34. The smallest absolute Gasteiger partial charge is 0.257 e. The lowest BCUT2D eigenvalue weighted by atomic mass is 10.0. The van der Waals surface area contributed by atoms with E-state index >= 15 is 0 Å². The summed E-state index contributed by atoms with van der Waals surface area (Å²) >= 11 is 0. The molecule has 0 N–H and O–H groups in total. The number of benzene rings is 1. The van der Waals surface area contributed by atoms with Crippen LogP contribution in [0.15, 0.2) is 24.3 Å². The molecule has 3 amide bonds. The molecule has 0 bridgehead atoms. The highest BCUT2D eigenvalue weighted by Gasteiger charge is 2.69.